The second-order valence-corrected chi connectivity index (χ2v) is 6.54. The van der Waals surface area contributed by atoms with Crippen molar-refractivity contribution in [3.63, 3.8) is 0 Å². The van der Waals surface area contributed by atoms with E-state index in [0.717, 1.165) is 0 Å². The van der Waals surface area contributed by atoms with E-state index in [4.69, 9.17) is 5.11 Å². The molecule has 0 aromatic heterocycles. The highest BCUT2D eigenvalue weighted by atomic mass is 19.4. The summed E-state index contributed by atoms with van der Waals surface area (Å²) in [5.74, 6) is -1.44. The molecule has 0 amide bonds. The molecule has 134 valence electrons. The first-order chi connectivity index (χ1) is 11.1. The molecule has 0 aliphatic heterocycles. The summed E-state index contributed by atoms with van der Waals surface area (Å²) >= 11 is 0. The minimum atomic E-state index is -4.81. The number of nitrogens with one attached hydrogen (secondary N) is 1. The average Bonchev–Trinajstić information content (AvgIpc) is 2.52. The summed E-state index contributed by atoms with van der Waals surface area (Å²) in [4.78, 5) is 11.1. The summed E-state index contributed by atoms with van der Waals surface area (Å²) in [6.07, 6.45) is -3.45. The van der Waals surface area contributed by atoms with E-state index >= 15 is 0 Å². The number of aliphatic carboxylic acids is 1. The number of alkyl halides is 3. The molecule has 1 aromatic carbocycles. The number of carboxylic acid groups (broad SMARTS) is 1. The molecule has 1 fully saturated rings. The monoisotopic (exact) mass is 345 g/mol. The fraction of sp³-hybridized carbons (Fsp3) is 0.588. The largest absolute Gasteiger partial charge is 0.481 e. The summed E-state index contributed by atoms with van der Waals surface area (Å²) in [6, 6.07) is 6.74. The zero-order valence-corrected chi connectivity index (χ0v) is 13.4. The van der Waals surface area contributed by atoms with Gasteiger partial charge < -0.3 is 15.5 Å². The van der Waals surface area contributed by atoms with Crippen LogP contribution in [-0.4, -0.2) is 34.9 Å². The summed E-state index contributed by atoms with van der Waals surface area (Å²) < 4.78 is 40.3. The van der Waals surface area contributed by atoms with Crippen LogP contribution in [0.3, 0.4) is 0 Å². The van der Waals surface area contributed by atoms with E-state index in [2.05, 4.69) is 5.32 Å². The summed E-state index contributed by atoms with van der Waals surface area (Å²) in [7, 11) is 0. The highest BCUT2D eigenvalue weighted by Gasteiger charge is 2.55. The molecule has 4 nitrogen and oxygen atoms in total. The molecule has 0 bridgehead atoms. The zero-order chi connectivity index (χ0) is 18.0. The smallest absolute Gasteiger partial charge is 0.422 e. The Balaban J connectivity index is 2.06. The van der Waals surface area contributed by atoms with Gasteiger partial charge in [-0.1, -0.05) is 37.3 Å². The predicted molar refractivity (Wildman–Crippen MR) is 82.3 cm³/mol. The standard InChI is InChI=1S/C17H22F3NO3/c1-11-9-13(7-8-14(11)15(22)23)21-10-16(24,17(18,19)20)12-5-3-2-4-6-12/h2-6,11,13-14,21,24H,7-10H2,1H3,(H,22,23). The molecule has 1 aliphatic rings. The van der Waals surface area contributed by atoms with Crippen molar-refractivity contribution in [1.82, 2.24) is 5.32 Å². The Hall–Kier alpha value is -1.60. The van der Waals surface area contributed by atoms with Crippen molar-refractivity contribution in [2.75, 3.05) is 6.54 Å². The van der Waals surface area contributed by atoms with Gasteiger partial charge in [-0.25, -0.2) is 0 Å². The first kappa shape index (κ1) is 18.7. The third-order valence-corrected chi connectivity index (χ3v) is 4.85. The topological polar surface area (TPSA) is 69.6 Å². The first-order valence-corrected chi connectivity index (χ1v) is 7.96. The summed E-state index contributed by atoms with van der Waals surface area (Å²) in [5.41, 5.74) is -3.18. The molecule has 0 heterocycles. The van der Waals surface area contributed by atoms with Crippen LogP contribution < -0.4 is 5.32 Å². The normalized spacial score (nSPS) is 27.5. The van der Waals surface area contributed by atoms with E-state index in [1.54, 1.807) is 13.0 Å². The minimum Gasteiger partial charge on any atom is -0.481 e. The second-order valence-electron chi connectivity index (χ2n) is 6.54. The number of aliphatic hydroxyl groups is 1. The highest BCUT2D eigenvalue weighted by Crippen LogP contribution is 2.39. The van der Waals surface area contributed by atoms with E-state index in [9.17, 15) is 23.1 Å². The lowest BCUT2D eigenvalue weighted by molar-refractivity contribution is -0.265. The molecular formula is C17H22F3NO3. The van der Waals surface area contributed by atoms with Crippen LogP contribution in [0.25, 0.3) is 0 Å². The molecule has 0 spiro atoms. The van der Waals surface area contributed by atoms with Crippen molar-refractivity contribution in [3.8, 4) is 0 Å². The van der Waals surface area contributed by atoms with E-state index in [1.807, 2.05) is 0 Å². The zero-order valence-electron chi connectivity index (χ0n) is 13.4. The van der Waals surface area contributed by atoms with Crippen molar-refractivity contribution < 1.29 is 28.2 Å². The Labute approximate surface area is 138 Å². The molecule has 4 unspecified atom stereocenters. The van der Waals surface area contributed by atoms with E-state index < -0.39 is 30.2 Å². The Morgan fingerprint density at radius 3 is 2.38 bits per heavy atom. The van der Waals surface area contributed by atoms with Crippen LogP contribution in [0.5, 0.6) is 0 Å². The molecule has 4 atom stereocenters. The second kappa shape index (κ2) is 7.11. The Morgan fingerprint density at radius 1 is 1.25 bits per heavy atom. The molecule has 3 N–H and O–H groups in total. The maximum atomic E-state index is 13.4. The van der Waals surface area contributed by atoms with Gasteiger partial charge in [0.15, 0.2) is 5.60 Å². The van der Waals surface area contributed by atoms with Crippen molar-refractivity contribution in [2.24, 2.45) is 11.8 Å². The quantitative estimate of drug-likeness (QED) is 0.767. The van der Waals surface area contributed by atoms with Crippen LogP contribution in [0, 0.1) is 11.8 Å². The highest BCUT2D eigenvalue weighted by molar-refractivity contribution is 5.70. The Morgan fingerprint density at radius 2 is 1.88 bits per heavy atom. The van der Waals surface area contributed by atoms with Crippen LogP contribution in [0.2, 0.25) is 0 Å². The van der Waals surface area contributed by atoms with Gasteiger partial charge in [-0.2, -0.15) is 13.2 Å². The molecule has 1 saturated carbocycles. The van der Waals surface area contributed by atoms with Crippen molar-refractivity contribution in [1.29, 1.82) is 0 Å². The Kier molecular flexibility index (Phi) is 5.55. The molecule has 7 heteroatoms. The van der Waals surface area contributed by atoms with Crippen molar-refractivity contribution in [3.05, 3.63) is 35.9 Å². The van der Waals surface area contributed by atoms with Crippen molar-refractivity contribution in [2.45, 2.75) is 44.0 Å². The maximum Gasteiger partial charge on any atom is 0.422 e. The van der Waals surface area contributed by atoms with Crippen LogP contribution in [0.1, 0.15) is 31.7 Å². The van der Waals surface area contributed by atoms with Gasteiger partial charge in [0.25, 0.3) is 0 Å². The third kappa shape index (κ3) is 3.89. The fourth-order valence-electron chi connectivity index (χ4n) is 3.32. The van der Waals surface area contributed by atoms with Crippen LogP contribution in [-0.2, 0) is 10.4 Å². The van der Waals surface area contributed by atoms with Gasteiger partial charge in [0.05, 0.1) is 5.92 Å². The summed E-state index contributed by atoms with van der Waals surface area (Å²) in [6.45, 7) is 1.13. The molecule has 1 aliphatic carbocycles. The number of hydrogen-bond donors (Lipinski definition) is 3. The lowest BCUT2D eigenvalue weighted by Gasteiger charge is -2.36. The summed E-state index contributed by atoms with van der Waals surface area (Å²) in [5, 5.41) is 22.2. The van der Waals surface area contributed by atoms with E-state index in [1.165, 1.54) is 24.3 Å². The maximum absolute atomic E-state index is 13.4. The van der Waals surface area contributed by atoms with Crippen molar-refractivity contribution >= 4 is 5.97 Å². The molecule has 2 rings (SSSR count). The number of hydrogen-bond acceptors (Lipinski definition) is 3. The van der Waals surface area contributed by atoms with E-state index in [-0.39, 0.29) is 17.5 Å². The average molecular weight is 345 g/mol. The molecule has 0 saturated heterocycles. The number of rotatable bonds is 5. The van der Waals surface area contributed by atoms with Gasteiger partial charge >= 0.3 is 12.1 Å². The molecule has 0 radical (unpaired) electrons. The number of carboxylic acids is 1. The number of benzene rings is 1. The first-order valence-electron chi connectivity index (χ1n) is 7.96. The molecule has 1 aromatic rings. The molecule has 24 heavy (non-hydrogen) atoms. The van der Waals surface area contributed by atoms with Gasteiger partial charge in [-0.05, 0) is 30.7 Å². The van der Waals surface area contributed by atoms with E-state index in [0.29, 0.717) is 19.3 Å². The van der Waals surface area contributed by atoms with Crippen LogP contribution in [0.15, 0.2) is 30.3 Å². The number of halogens is 3. The third-order valence-electron chi connectivity index (χ3n) is 4.85. The van der Waals surface area contributed by atoms with Crippen LogP contribution >= 0.6 is 0 Å². The Bertz CT molecular complexity index is 564. The van der Waals surface area contributed by atoms with Gasteiger partial charge in [-0.15, -0.1) is 0 Å². The number of carbonyl (C=O) groups is 1. The predicted octanol–water partition coefficient (Wildman–Crippen LogP) is 2.92. The van der Waals surface area contributed by atoms with Crippen LogP contribution in [0.4, 0.5) is 13.2 Å². The van der Waals surface area contributed by atoms with Gasteiger partial charge in [0.1, 0.15) is 0 Å². The molecular weight excluding hydrogens is 323 g/mol. The van der Waals surface area contributed by atoms with Gasteiger partial charge in [0, 0.05) is 12.6 Å². The SMILES string of the molecule is CC1CC(NCC(O)(c2ccccc2)C(F)(F)F)CCC1C(=O)O. The van der Waals surface area contributed by atoms with Gasteiger partial charge in [-0.3, -0.25) is 4.79 Å². The fourth-order valence-corrected chi connectivity index (χ4v) is 3.32. The van der Waals surface area contributed by atoms with Gasteiger partial charge in [0.2, 0.25) is 0 Å². The minimum absolute atomic E-state index is 0.121. The lowest BCUT2D eigenvalue weighted by atomic mass is 9.78. The lowest BCUT2D eigenvalue weighted by Crippen LogP contribution is -2.52.